The van der Waals surface area contributed by atoms with Crippen molar-refractivity contribution >= 4 is 72.2 Å². The van der Waals surface area contributed by atoms with E-state index in [1.807, 2.05) is 0 Å². The number of aromatic nitrogens is 8. The van der Waals surface area contributed by atoms with Gasteiger partial charge in [-0.25, -0.2) is 33.5 Å². The van der Waals surface area contributed by atoms with Crippen LogP contribution < -0.4 is 17.0 Å². The summed E-state index contributed by atoms with van der Waals surface area (Å²) in [6, 6.07) is 0. The van der Waals surface area contributed by atoms with E-state index in [9.17, 15) is 13.9 Å². The van der Waals surface area contributed by atoms with Crippen LogP contribution in [0.15, 0.2) is 23.8 Å². The van der Waals surface area contributed by atoms with E-state index in [0.717, 1.165) is 6.33 Å². The molecule has 10 atom stereocenters. The van der Waals surface area contributed by atoms with Crippen LogP contribution in [0.4, 0.5) is 16.2 Å². The maximum absolute atomic E-state index is 16.0. The molecule has 2 bridgehead atoms. The first-order valence-corrected chi connectivity index (χ1v) is 19.1. The molecule has 254 valence electrons. The summed E-state index contributed by atoms with van der Waals surface area (Å²) in [5.41, 5.74) is 9.75. The summed E-state index contributed by atoms with van der Waals surface area (Å²) in [6.45, 7) is -8.57. The van der Waals surface area contributed by atoms with Gasteiger partial charge in [-0.15, -0.1) is 0 Å². The molecule has 0 aliphatic carbocycles. The van der Waals surface area contributed by atoms with Crippen LogP contribution >= 0.6 is 38.1 Å². The summed E-state index contributed by atoms with van der Waals surface area (Å²) < 4.78 is 86.8. The second-order valence-corrected chi connectivity index (χ2v) is 16.7. The average Bonchev–Trinajstić information content (AvgIpc) is 3.75. The molecule has 0 amide bonds. The molecular formula is C22H27FN10O10P2S2. The van der Waals surface area contributed by atoms with Crippen molar-refractivity contribution < 1.29 is 45.8 Å². The molecule has 3 aliphatic heterocycles. The fourth-order valence-electron chi connectivity index (χ4n) is 5.74. The minimum absolute atomic E-state index is 0.0803. The first-order chi connectivity index (χ1) is 22.2. The van der Waals surface area contributed by atoms with Crippen LogP contribution in [0.5, 0.6) is 0 Å². The molecule has 25 heteroatoms. The van der Waals surface area contributed by atoms with Crippen molar-refractivity contribution in [2.75, 3.05) is 31.8 Å². The number of nitrogens with one attached hydrogen (secondary N) is 1. The van der Waals surface area contributed by atoms with Crippen LogP contribution in [-0.4, -0.2) is 95.6 Å². The minimum Gasteiger partial charge on any atom is -0.382 e. The molecule has 20 nitrogen and oxygen atoms in total. The third-order valence-electron chi connectivity index (χ3n) is 7.91. The van der Waals surface area contributed by atoms with E-state index in [1.165, 1.54) is 35.8 Å². The zero-order chi connectivity index (χ0) is 33.5. The monoisotopic (exact) mass is 736 g/mol. The number of anilines is 2. The SMILES string of the molecule is CO[C@H]1[C@H](n2cnc3c(N)ncnc32)O[C@]2(C)COP(=O)(S)O[C@@H]3[C@H](F)[C@@H](CO[P@@](=O)(S)O[C@@H]12)O[C@H]3n1cnc2c(=O)[nH]c(N)nc21. The van der Waals surface area contributed by atoms with Gasteiger partial charge >= 0.3 is 13.6 Å². The van der Waals surface area contributed by atoms with Gasteiger partial charge in [-0.05, 0) is 6.92 Å². The van der Waals surface area contributed by atoms with Gasteiger partial charge in [-0.3, -0.25) is 37.0 Å². The molecule has 3 fully saturated rings. The lowest BCUT2D eigenvalue weighted by atomic mass is 9.98. The number of thiol groups is 2. The van der Waals surface area contributed by atoms with Gasteiger partial charge in [0.15, 0.2) is 41.3 Å². The van der Waals surface area contributed by atoms with Crippen molar-refractivity contribution in [3.05, 3.63) is 29.3 Å². The zero-order valence-corrected chi connectivity index (χ0v) is 27.8. The average molecular weight is 737 g/mol. The number of ether oxygens (including phenoxy) is 3. The standard InChI is InChI=1S/C22H27FN10O10P2S2/c1-22-4-39-45(36,47)42-12-9(23)8(40-19(12)33-7-29-11-17(33)30-21(25)31-18(11)34)3-38-44(35,46)43-14(22)13(37-2)20(41-22)32-6-28-10-15(24)26-5-27-16(10)32/h5-9,12-14,19-20H,3-4H2,1-2H3,(H,35,46)(H,36,47)(H2,24,26,27)(H3,25,30,31,34)/t8-,9-,12-,13-,14+,19-,20-,22-,44-,45?/m1/s1. The highest BCUT2D eigenvalue weighted by atomic mass is 32.7. The summed E-state index contributed by atoms with van der Waals surface area (Å²) >= 11 is 8.25. The number of imidazole rings is 2. The number of hydrogen-bond acceptors (Lipinski definition) is 17. The number of methoxy groups -OCH3 is 1. The molecule has 47 heavy (non-hydrogen) atoms. The lowest BCUT2D eigenvalue weighted by Crippen LogP contribution is -2.46. The van der Waals surface area contributed by atoms with Crippen molar-refractivity contribution in [2.45, 2.75) is 55.6 Å². The number of nitrogen functional groups attached to an aromatic ring is 2. The molecule has 4 aromatic heterocycles. The largest absolute Gasteiger partial charge is 0.386 e. The van der Waals surface area contributed by atoms with Crippen molar-refractivity contribution in [1.29, 1.82) is 0 Å². The van der Waals surface area contributed by atoms with E-state index in [1.54, 1.807) is 0 Å². The van der Waals surface area contributed by atoms with Crippen LogP contribution in [0, 0.1) is 0 Å². The van der Waals surface area contributed by atoms with E-state index in [-0.39, 0.29) is 34.1 Å². The van der Waals surface area contributed by atoms with E-state index < -0.39 is 81.0 Å². The maximum atomic E-state index is 16.0. The van der Waals surface area contributed by atoms with Gasteiger partial charge in [0.05, 0.1) is 25.9 Å². The first kappa shape index (κ1) is 32.8. The third-order valence-corrected chi connectivity index (χ3v) is 11.1. The summed E-state index contributed by atoms with van der Waals surface area (Å²) in [5.74, 6) is -0.131. The van der Waals surface area contributed by atoms with Gasteiger partial charge < -0.3 is 25.7 Å². The Morgan fingerprint density at radius 1 is 1.04 bits per heavy atom. The first-order valence-electron chi connectivity index (χ1n) is 13.7. The molecule has 7 heterocycles. The quantitative estimate of drug-likeness (QED) is 0.148. The zero-order valence-electron chi connectivity index (χ0n) is 24.2. The maximum Gasteiger partial charge on any atom is 0.386 e. The van der Waals surface area contributed by atoms with Gasteiger partial charge in [0.25, 0.3) is 5.56 Å². The number of fused-ring (bicyclic) bond motifs is 5. The van der Waals surface area contributed by atoms with Crippen LogP contribution in [-0.2, 0) is 41.4 Å². The van der Waals surface area contributed by atoms with Crippen molar-refractivity contribution in [3.63, 3.8) is 0 Å². The predicted molar refractivity (Wildman–Crippen MR) is 165 cm³/mol. The van der Waals surface area contributed by atoms with Crippen LogP contribution in [0.25, 0.3) is 22.3 Å². The number of halogens is 1. The summed E-state index contributed by atoms with van der Waals surface area (Å²) in [7, 11) is 1.36. The predicted octanol–water partition coefficient (Wildman–Crippen LogP) is 1.55. The number of aromatic amines is 1. The number of alkyl halides is 1. The van der Waals surface area contributed by atoms with Crippen molar-refractivity contribution in [2.24, 2.45) is 0 Å². The molecule has 3 saturated heterocycles. The van der Waals surface area contributed by atoms with E-state index in [4.69, 9.17) is 43.8 Å². The van der Waals surface area contributed by atoms with E-state index in [2.05, 4.69) is 54.4 Å². The highest BCUT2D eigenvalue weighted by Gasteiger charge is 2.59. The molecule has 0 spiro atoms. The Bertz CT molecular complexity index is 2020. The second kappa shape index (κ2) is 11.7. The summed E-state index contributed by atoms with van der Waals surface area (Å²) in [5, 5.41) is 0. The van der Waals surface area contributed by atoms with Gasteiger partial charge in [0.2, 0.25) is 5.95 Å². The Balaban J connectivity index is 1.24. The smallest absolute Gasteiger partial charge is 0.382 e. The second-order valence-electron chi connectivity index (χ2n) is 11.0. The Labute approximate surface area is 273 Å². The Hall–Kier alpha value is -2.69. The minimum atomic E-state index is -4.47. The summed E-state index contributed by atoms with van der Waals surface area (Å²) in [4.78, 5) is 35.2. The van der Waals surface area contributed by atoms with Gasteiger partial charge in [0, 0.05) is 7.11 Å². The third kappa shape index (κ3) is 5.76. The topological polar surface area (TPSA) is 258 Å². The molecular weight excluding hydrogens is 709 g/mol. The Morgan fingerprint density at radius 3 is 2.49 bits per heavy atom. The normalized spacial score (nSPS) is 38.2. The van der Waals surface area contributed by atoms with Gasteiger partial charge in [0.1, 0.15) is 41.9 Å². The lowest BCUT2D eigenvalue weighted by molar-refractivity contribution is -0.112. The van der Waals surface area contributed by atoms with Crippen molar-refractivity contribution in [3.8, 4) is 0 Å². The molecule has 7 rings (SSSR count). The molecule has 3 aliphatic rings. The Kier molecular flexibility index (Phi) is 8.19. The van der Waals surface area contributed by atoms with Gasteiger partial charge in [-0.2, -0.15) is 4.98 Å². The van der Waals surface area contributed by atoms with E-state index >= 15 is 4.39 Å². The van der Waals surface area contributed by atoms with E-state index in [0.29, 0.717) is 0 Å². The summed E-state index contributed by atoms with van der Waals surface area (Å²) in [6.07, 6.45) is -6.28. The molecule has 0 radical (unpaired) electrons. The van der Waals surface area contributed by atoms with Crippen molar-refractivity contribution in [1.82, 2.24) is 39.0 Å². The van der Waals surface area contributed by atoms with Crippen LogP contribution in [0.1, 0.15) is 19.4 Å². The van der Waals surface area contributed by atoms with Gasteiger partial charge in [-0.1, -0.05) is 24.5 Å². The number of nitrogens with two attached hydrogens (primary N) is 2. The molecule has 0 aromatic carbocycles. The molecule has 1 unspecified atom stereocenters. The Morgan fingerprint density at radius 2 is 1.74 bits per heavy atom. The number of nitrogens with zero attached hydrogens (tertiary/aromatic N) is 7. The highest BCUT2D eigenvalue weighted by molar-refractivity contribution is 8.44. The molecule has 4 aromatic rings. The highest BCUT2D eigenvalue weighted by Crippen LogP contribution is 2.62. The number of rotatable bonds is 3. The number of H-pyrrole nitrogens is 1. The fourth-order valence-corrected chi connectivity index (χ4v) is 8.78. The number of hydrogen-bond donors (Lipinski definition) is 5. The molecule has 0 saturated carbocycles. The fraction of sp³-hybridized carbons (Fsp3) is 0.545. The van der Waals surface area contributed by atoms with Crippen LogP contribution in [0.3, 0.4) is 0 Å². The lowest BCUT2D eigenvalue weighted by Gasteiger charge is -2.33. The molecule has 5 N–H and O–H groups in total. The van der Waals surface area contributed by atoms with Crippen LogP contribution in [0.2, 0.25) is 0 Å².